The van der Waals surface area contributed by atoms with E-state index in [9.17, 15) is 14.0 Å². The Morgan fingerprint density at radius 1 is 1.25 bits per heavy atom. The van der Waals surface area contributed by atoms with Crippen molar-refractivity contribution in [2.75, 3.05) is 6.61 Å². The minimum Gasteiger partial charge on any atom is -0.447 e. The molecule has 1 aliphatic heterocycles. The van der Waals surface area contributed by atoms with Gasteiger partial charge in [-0.2, -0.15) is 0 Å². The maximum Gasteiger partial charge on any atom is 0.416 e. The molecule has 2 aromatic carbocycles. The van der Waals surface area contributed by atoms with Crippen molar-refractivity contribution in [3.8, 4) is 0 Å². The highest BCUT2D eigenvalue weighted by atomic mass is 19.1. The van der Waals surface area contributed by atoms with E-state index in [-0.39, 0.29) is 30.1 Å². The molecule has 2 amide bonds. The summed E-state index contributed by atoms with van der Waals surface area (Å²) in [6, 6.07) is 13.3. The van der Waals surface area contributed by atoms with Gasteiger partial charge in [0.1, 0.15) is 20.3 Å². The lowest BCUT2D eigenvalue weighted by atomic mass is 9.94. The van der Waals surface area contributed by atoms with Crippen molar-refractivity contribution in [2.45, 2.75) is 18.9 Å². The van der Waals surface area contributed by atoms with Gasteiger partial charge in [0.25, 0.3) is 0 Å². The van der Waals surface area contributed by atoms with E-state index in [0.29, 0.717) is 6.42 Å². The zero-order chi connectivity index (χ0) is 17.1. The lowest BCUT2D eigenvalue weighted by Gasteiger charge is -2.20. The topological polar surface area (TPSA) is 46.6 Å². The second kappa shape index (κ2) is 6.87. The highest BCUT2D eigenvalue weighted by molar-refractivity contribution is 6.32. The zero-order valence-electron chi connectivity index (χ0n) is 12.9. The lowest BCUT2D eigenvalue weighted by molar-refractivity contribution is -0.128. The molecule has 1 fully saturated rings. The van der Waals surface area contributed by atoms with Crippen molar-refractivity contribution in [1.82, 2.24) is 4.90 Å². The quantitative estimate of drug-likeness (QED) is 0.806. The summed E-state index contributed by atoms with van der Waals surface area (Å²) in [6.07, 6.45) is -0.397. The highest BCUT2D eigenvalue weighted by Gasteiger charge is 2.37. The lowest BCUT2D eigenvalue weighted by Crippen LogP contribution is -2.41. The van der Waals surface area contributed by atoms with Crippen LogP contribution in [0.4, 0.5) is 9.18 Å². The first kappa shape index (κ1) is 16.2. The number of carbonyl (C=O) groups excluding carboxylic acids is 2. The maximum absolute atomic E-state index is 13.9. The number of hydrogen-bond donors (Lipinski definition) is 0. The van der Waals surface area contributed by atoms with Crippen LogP contribution in [-0.2, 0) is 22.4 Å². The van der Waals surface area contributed by atoms with Gasteiger partial charge in [0.05, 0.1) is 12.5 Å². The number of imide groups is 1. The summed E-state index contributed by atoms with van der Waals surface area (Å²) in [5.74, 6) is -1.04. The summed E-state index contributed by atoms with van der Waals surface area (Å²) >= 11 is 0. The Morgan fingerprint density at radius 3 is 2.71 bits per heavy atom. The molecule has 0 bridgehead atoms. The number of carbonyl (C=O) groups is 2. The molecule has 24 heavy (non-hydrogen) atoms. The molecule has 2 aromatic rings. The van der Waals surface area contributed by atoms with Crippen molar-refractivity contribution in [3.63, 3.8) is 0 Å². The van der Waals surface area contributed by atoms with Gasteiger partial charge in [-0.3, -0.25) is 4.79 Å². The molecular weight excluding hydrogens is 308 g/mol. The van der Waals surface area contributed by atoms with Gasteiger partial charge in [-0.15, -0.1) is 0 Å². The average Bonchev–Trinajstić information content (AvgIpc) is 2.91. The molecule has 6 heteroatoms. The number of benzene rings is 2. The average molecular weight is 323 g/mol. The van der Waals surface area contributed by atoms with Gasteiger partial charge in [0.15, 0.2) is 0 Å². The summed E-state index contributed by atoms with van der Waals surface area (Å²) < 4.78 is 18.9. The smallest absolute Gasteiger partial charge is 0.416 e. The molecule has 120 valence electrons. The SMILES string of the molecule is [B]c1ccc(CC(=O)N2C(=O)OC[C@@H]2Cc2ccccc2)c(F)c1. The van der Waals surface area contributed by atoms with E-state index in [4.69, 9.17) is 12.6 Å². The summed E-state index contributed by atoms with van der Waals surface area (Å²) in [6.45, 7) is 0.143. The first-order valence-corrected chi connectivity index (χ1v) is 7.61. The third-order valence-electron chi connectivity index (χ3n) is 3.96. The highest BCUT2D eigenvalue weighted by Crippen LogP contribution is 2.19. The largest absolute Gasteiger partial charge is 0.447 e. The predicted molar refractivity (Wildman–Crippen MR) is 87.6 cm³/mol. The fraction of sp³-hybridized carbons (Fsp3) is 0.222. The van der Waals surface area contributed by atoms with Crippen molar-refractivity contribution >= 4 is 25.3 Å². The number of halogens is 1. The maximum atomic E-state index is 13.9. The van der Waals surface area contributed by atoms with Crippen molar-refractivity contribution < 1.29 is 18.7 Å². The molecule has 1 heterocycles. The summed E-state index contributed by atoms with van der Waals surface area (Å²) in [5.41, 5.74) is 1.48. The van der Waals surface area contributed by atoms with E-state index in [0.717, 1.165) is 16.5 Å². The number of hydrogen-bond acceptors (Lipinski definition) is 3. The molecule has 0 aromatic heterocycles. The van der Waals surface area contributed by atoms with Crippen LogP contribution < -0.4 is 5.46 Å². The van der Waals surface area contributed by atoms with E-state index in [1.165, 1.54) is 12.1 Å². The third-order valence-corrected chi connectivity index (χ3v) is 3.96. The van der Waals surface area contributed by atoms with Crippen LogP contribution in [-0.4, -0.2) is 37.4 Å². The molecule has 3 rings (SSSR count). The molecule has 0 saturated carbocycles. The van der Waals surface area contributed by atoms with E-state index in [1.807, 2.05) is 30.3 Å². The molecule has 1 saturated heterocycles. The summed E-state index contributed by atoms with van der Waals surface area (Å²) in [5, 5.41) is 0. The van der Waals surface area contributed by atoms with Crippen LogP contribution in [0.2, 0.25) is 0 Å². The molecule has 0 spiro atoms. The first-order valence-electron chi connectivity index (χ1n) is 7.61. The normalized spacial score (nSPS) is 17.0. The van der Waals surface area contributed by atoms with Gasteiger partial charge in [-0.1, -0.05) is 47.9 Å². The molecule has 2 radical (unpaired) electrons. The van der Waals surface area contributed by atoms with Gasteiger partial charge in [0.2, 0.25) is 5.91 Å². The van der Waals surface area contributed by atoms with E-state index < -0.39 is 17.8 Å². The fourth-order valence-electron chi connectivity index (χ4n) is 2.76. The molecule has 0 unspecified atom stereocenters. The van der Waals surface area contributed by atoms with Crippen LogP contribution in [0.5, 0.6) is 0 Å². The van der Waals surface area contributed by atoms with Crippen LogP contribution in [0, 0.1) is 5.82 Å². The van der Waals surface area contributed by atoms with Gasteiger partial charge in [-0.25, -0.2) is 14.1 Å². The van der Waals surface area contributed by atoms with Gasteiger partial charge < -0.3 is 4.74 Å². The minimum atomic E-state index is -0.684. The zero-order valence-corrected chi connectivity index (χ0v) is 12.9. The van der Waals surface area contributed by atoms with Gasteiger partial charge >= 0.3 is 6.09 Å². The molecule has 4 nitrogen and oxygen atoms in total. The molecule has 0 N–H and O–H groups in total. The standard InChI is InChI=1S/C18H15BFNO3/c19-14-7-6-13(16(20)10-14)9-17(22)21-15(11-24-18(21)23)8-12-4-2-1-3-5-12/h1-7,10,15H,8-9,11H2/t15-/m0/s1. The minimum absolute atomic E-state index is 0.143. The van der Waals surface area contributed by atoms with Gasteiger partial charge in [0, 0.05) is 0 Å². The molecule has 0 aliphatic carbocycles. The number of rotatable bonds is 4. The van der Waals surface area contributed by atoms with Crippen LogP contribution in [0.15, 0.2) is 48.5 Å². The van der Waals surface area contributed by atoms with Crippen LogP contribution in [0.1, 0.15) is 11.1 Å². The monoisotopic (exact) mass is 323 g/mol. The predicted octanol–water partition coefficient (Wildman–Crippen LogP) is 1.75. The van der Waals surface area contributed by atoms with Gasteiger partial charge in [-0.05, 0) is 23.6 Å². The first-order chi connectivity index (χ1) is 11.5. The van der Waals surface area contributed by atoms with Crippen LogP contribution in [0.25, 0.3) is 0 Å². The third kappa shape index (κ3) is 3.48. The Hall–Kier alpha value is -2.63. The second-order valence-electron chi connectivity index (χ2n) is 5.71. The Balaban J connectivity index is 1.75. The second-order valence-corrected chi connectivity index (χ2v) is 5.71. The van der Waals surface area contributed by atoms with Crippen LogP contribution in [0.3, 0.4) is 0 Å². The Bertz CT molecular complexity index is 766. The van der Waals surface area contributed by atoms with Crippen LogP contribution >= 0.6 is 0 Å². The summed E-state index contributed by atoms with van der Waals surface area (Å²) in [4.78, 5) is 25.5. The number of cyclic esters (lactones) is 1. The number of amides is 2. The van der Waals surface area contributed by atoms with Crippen molar-refractivity contribution in [1.29, 1.82) is 0 Å². The Kier molecular flexibility index (Phi) is 4.65. The number of nitrogens with zero attached hydrogens (tertiary/aromatic N) is 1. The van der Waals surface area contributed by atoms with Crippen molar-refractivity contribution in [3.05, 3.63) is 65.5 Å². The fourth-order valence-corrected chi connectivity index (χ4v) is 2.76. The molecule has 1 atom stereocenters. The van der Waals surface area contributed by atoms with E-state index in [1.54, 1.807) is 0 Å². The summed E-state index contributed by atoms with van der Waals surface area (Å²) in [7, 11) is 5.50. The van der Waals surface area contributed by atoms with Crippen molar-refractivity contribution in [2.24, 2.45) is 0 Å². The Labute approximate surface area is 140 Å². The van der Waals surface area contributed by atoms with E-state index >= 15 is 0 Å². The molecule has 1 aliphatic rings. The number of ether oxygens (including phenoxy) is 1. The van der Waals surface area contributed by atoms with E-state index in [2.05, 4.69) is 0 Å². The molecular formula is C18H15BFNO3. The Morgan fingerprint density at radius 2 is 2.00 bits per heavy atom.